The molecule has 58 heavy (non-hydrogen) atoms. The number of ether oxygens (including phenoxy) is 2. The molecule has 0 rings (SSSR count). The summed E-state index contributed by atoms with van der Waals surface area (Å²) >= 11 is -1.24. The summed E-state index contributed by atoms with van der Waals surface area (Å²) in [5, 5.41) is 6.27. The topological polar surface area (TPSA) is 115 Å². The van der Waals surface area contributed by atoms with Gasteiger partial charge in [-0.1, -0.05) is 162 Å². The van der Waals surface area contributed by atoms with Gasteiger partial charge in [0.2, 0.25) is 5.96 Å². The fraction of sp³-hybridized carbons (Fsp3) is 0.938. The number of hydrogen-bond donors (Lipinski definition) is 2. The van der Waals surface area contributed by atoms with Gasteiger partial charge < -0.3 is 29.6 Å². The van der Waals surface area contributed by atoms with E-state index in [1.54, 1.807) is 13.3 Å². The zero-order chi connectivity index (χ0) is 42.6. The minimum absolute atomic E-state index is 0.0112. The van der Waals surface area contributed by atoms with Crippen molar-refractivity contribution in [1.82, 2.24) is 15.5 Å². The molecule has 1 atom stereocenters. The van der Waals surface area contributed by atoms with E-state index in [4.69, 9.17) is 9.47 Å². The smallest absolute Gasteiger partial charge is 0.306 e. The van der Waals surface area contributed by atoms with Crippen molar-refractivity contribution in [2.45, 2.75) is 245 Å². The van der Waals surface area contributed by atoms with Crippen LogP contribution in [-0.4, -0.2) is 79.5 Å². The first kappa shape index (κ1) is 56.5. The Morgan fingerprint density at radius 2 is 0.983 bits per heavy atom. The van der Waals surface area contributed by atoms with Gasteiger partial charge in [0.05, 0.1) is 18.0 Å². The molecule has 0 aliphatic heterocycles. The van der Waals surface area contributed by atoms with Crippen LogP contribution in [0.1, 0.15) is 239 Å². The van der Waals surface area contributed by atoms with Crippen molar-refractivity contribution in [3.05, 3.63) is 0 Å². The number of nitrogens with one attached hydrogen (secondary N) is 2. The van der Waals surface area contributed by atoms with Gasteiger partial charge in [-0.2, -0.15) is 0 Å². The van der Waals surface area contributed by atoms with Crippen molar-refractivity contribution in [1.29, 1.82) is 0 Å². The molecule has 0 radical (unpaired) electrons. The molecule has 344 valence electrons. The molecule has 0 aromatic heterocycles. The van der Waals surface area contributed by atoms with Crippen molar-refractivity contribution < 1.29 is 23.6 Å². The van der Waals surface area contributed by atoms with E-state index >= 15 is 0 Å². The van der Waals surface area contributed by atoms with E-state index in [0.717, 1.165) is 110 Å². The maximum absolute atomic E-state index is 12.8. The van der Waals surface area contributed by atoms with Crippen LogP contribution >= 0.6 is 0 Å². The molecular weight excluding hydrogens is 745 g/mol. The van der Waals surface area contributed by atoms with Crippen molar-refractivity contribution in [2.24, 2.45) is 4.40 Å². The highest BCUT2D eigenvalue weighted by atomic mass is 32.2. The quantitative estimate of drug-likeness (QED) is 0.0205. The molecular formula is C48H96N4O5S. The van der Waals surface area contributed by atoms with Crippen LogP contribution in [0.2, 0.25) is 0 Å². The predicted molar refractivity (Wildman–Crippen MR) is 250 cm³/mol. The Morgan fingerprint density at radius 1 is 0.569 bits per heavy atom. The van der Waals surface area contributed by atoms with Crippen molar-refractivity contribution >= 4 is 29.3 Å². The molecule has 0 aliphatic carbocycles. The van der Waals surface area contributed by atoms with Crippen LogP contribution in [0.15, 0.2) is 4.40 Å². The molecule has 0 amide bonds. The Hall–Kier alpha value is -1.52. The Labute approximate surface area is 362 Å². The summed E-state index contributed by atoms with van der Waals surface area (Å²) < 4.78 is 27.1. The Morgan fingerprint density at radius 3 is 1.47 bits per heavy atom. The number of guanidine groups is 1. The Kier molecular flexibility index (Phi) is 43.8. The highest BCUT2D eigenvalue weighted by molar-refractivity contribution is 7.89. The molecule has 1 unspecified atom stereocenters. The minimum Gasteiger partial charge on any atom is -0.591 e. The minimum atomic E-state index is -1.24. The van der Waals surface area contributed by atoms with Crippen LogP contribution < -0.4 is 10.6 Å². The normalized spacial score (nSPS) is 12.4. The standard InChI is InChI=1S/C48H96N4O5S/c1-6-9-12-15-18-27-34-44-56-46(53)38-30-23-19-25-32-41-52(43-35-40-50-48(49-4)51-58(5)55)42-33-26-20-24-31-39-47(54)57-45(36-28-21-16-13-10-7-2)37-29-22-17-14-11-8-3/h45H,6-44H2,1-5H3,(H2,49,50,51). The second-order valence-corrected chi connectivity index (χ2v) is 17.9. The first-order valence-electron chi connectivity index (χ1n) is 24.8. The SMILES string of the molecule is CCCCCCCCCOC(=O)CCCCCCCN(CCCCCCCC(=O)OC(CCCCCCCC)CCCCCCCC)CCCN/C(=N/[S+](C)[O-])NC. The molecule has 0 saturated carbocycles. The van der Waals surface area contributed by atoms with E-state index in [9.17, 15) is 14.1 Å². The molecule has 0 aromatic rings. The highest BCUT2D eigenvalue weighted by Gasteiger charge is 2.14. The number of carbonyl (C=O) groups excluding carboxylic acids is 2. The van der Waals surface area contributed by atoms with Gasteiger partial charge in [-0.05, 0) is 88.2 Å². The van der Waals surface area contributed by atoms with E-state index in [-0.39, 0.29) is 18.0 Å². The third-order valence-electron chi connectivity index (χ3n) is 11.2. The summed E-state index contributed by atoms with van der Waals surface area (Å²) in [6.07, 6.45) is 40.7. The molecule has 0 spiro atoms. The third-order valence-corrected chi connectivity index (χ3v) is 11.6. The van der Waals surface area contributed by atoms with Crippen LogP contribution in [0.3, 0.4) is 0 Å². The summed E-state index contributed by atoms with van der Waals surface area (Å²) in [4.78, 5) is 27.6. The summed E-state index contributed by atoms with van der Waals surface area (Å²) in [5.74, 6) is 0.551. The van der Waals surface area contributed by atoms with Gasteiger partial charge >= 0.3 is 11.9 Å². The van der Waals surface area contributed by atoms with Crippen molar-refractivity contribution in [3.63, 3.8) is 0 Å². The van der Waals surface area contributed by atoms with Crippen LogP contribution in [0.5, 0.6) is 0 Å². The number of unbranched alkanes of at least 4 members (excludes halogenated alkanes) is 24. The first-order valence-corrected chi connectivity index (χ1v) is 26.3. The number of nitrogens with zero attached hydrogens (tertiary/aromatic N) is 2. The average Bonchev–Trinajstić information content (AvgIpc) is 3.21. The second-order valence-electron chi connectivity index (χ2n) is 16.8. The molecule has 0 aromatic carbocycles. The summed E-state index contributed by atoms with van der Waals surface area (Å²) in [5.41, 5.74) is 0. The fourth-order valence-electron chi connectivity index (χ4n) is 7.54. The van der Waals surface area contributed by atoms with Gasteiger partial charge in [-0.15, -0.1) is 0 Å². The van der Waals surface area contributed by atoms with Crippen LogP contribution in [0.25, 0.3) is 0 Å². The molecule has 9 nitrogen and oxygen atoms in total. The van der Waals surface area contributed by atoms with Crippen LogP contribution in [-0.2, 0) is 30.4 Å². The van der Waals surface area contributed by atoms with Gasteiger partial charge in [0.1, 0.15) is 12.4 Å². The summed E-state index contributed by atoms with van der Waals surface area (Å²) in [7, 11) is 1.79. The van der Waals surface area contributed by atoms with Gasteiger partial charge in [0, 0.05) is 26.4 Å². The molecule has 0 heterocycles. The van der Waals surface area contributed by atoms with Gasteiger partial charge in [0.25, 0.3) is 0 Å². The second kappa shape index (κ2) is 45.0. The molecule has 0 bridgehead atoms. The molecule has 0 aliphatic rings. The molecule has 2 N–H and O–H groups in total. The lowest BCUT2D eigenvalue weighted by atomic mass is 10.0. The third kappa shape index (κ3) is 41.2. The maximum Gasteiger partial charge on any atom is 0.306 e. The number of esters is 2. The van der Waals surface area contributed by atoms with Gasteiger partial charge in [0.15, 0.2) is 0 Å². The zero-order valence-electron chi connectivity index (χ0n) is 39.0. The number of carbonyl (C=O) groups is 2. The molecule has 0 saturated heterocycles. The van der Waals surface area contributed by atoms with Crippen LogP contribution in [0, 0.1) is 0 Å². The largest absolute Gasteiger partial charge is 0.591 e. The zero-order valence-corrected chi connectivity index (χ0v) is 39.8. The molecule has 10 heteroatoms. The van der Waals surface area contributed by atoms with Crippen molar-refractivity contribution in [3.8, 4) is 0 Å². The van der Waals surface area contributed by atoms with E-state index in [2.05, 4.69) is 40.7 Å². The lowest BCUT2D eigenvalue weighted by Gasteiger charge is -2.22. The van der Waals surface area contributed by atoms with Crippen molar-refractivity contribution in [2.75, 3.05) is 46.1 Å². The van der Waals surface area contributed by atoms with Crippen LogP contribution in [0.4, 0.5) is 0 Å². The number of hydrogen-bond acceptors (Lipinski definition) is 7. The van der Waals surface area contributed by atoms with E-state index in [0.29, 0.717) is 25.4 Å². The fourth-order valence-corrected chi connectivity index (χ4v) is 7.95. The first-order chi connectivity index (χ1) is 28.4. The summed E-state index contributed by atoms with van der Waals surface area (Å²) in [6, 6.07) is 0. The lowest BCUT2D eigenvalue weighted by Crippen LogP contribution is -2.37. The predicted octanol–water partition coefficient (Wildman–Crippen LogP) is 12.5. The molecule has 0 fully saturated rings. The maximum atomic E-state index is 12.8. The van der Waals surface area contributed by atoms with Gasteiger partial charge in [-0.3, -0.25) is 9.59 Å². The Balaban J connectivity index is 4.48. The van der Waals surface area contributed by atoms with E-state index in [1.165, 1.54) is 122 Å². The average molecular weight is 841 g/mol. The van der Waals surface area contributed by atoms with Gasteiger partial charge in [-0.25, -0.2) is 0 Å². The monoisotopic (exact) mass is 841 g/mol. The summed E-state index contributed by atoms with van der Waals surface area (Å²) in [6.45, 7) is 11.3. The number of rotatable bonds is 44. The highest BCUT2D eigenvalue weighted by Crippen LogP contribution is 2.19. The van der Waals surface area contributed by atoms with E-state index < -0.39 is 11.4 Å². The van der Waals surface area contributed by atoms with E-state index in [1.807, 2.05) is 0 Å². The Bertz CT molecular complexity index is 909. The lowest BCUT2D eigenvalue weighted by molar-refractivity contribution is -0.150.